The number of halogens is 2. The van der Waals surface area contributed by atoms with Crippen molar-refractivity contribution < 1.29 is 8.42 Å². The lowest BCUT2D eigenvalue weighted by Crippen LogP contribution is -2.21. The van der Waals surface area contributed by atoms with E-state index < -0.39 is 10.2 Å². The first-order valence-electron chi connectivity index (χ1n) is 6.56. The molecule has 0 spiro atoms. The fourth-order valence-electron chi connectivity index (χ4n) is 2.15. The van der Waals surface area contributed by atoms with E-state index in [0.29, 0.717) is 17.0 Å². The number of hydrogen-bond donors (Lipinski definition) is 4. The lowest BCUT2D eigenvalue weighted by Gasteiger charge is -2.11. The van der Waals surface area contributed by atoms with Crippen LogP contribution < -0.4 is 20.7 Å². The standard InChI is InChI=1S/C14H13N5O3S.2ClH/c15-23(21,22)19-10-3-1-2-9(8-10)17-12-6-7-16-14-11(12)4-5-13(20)18-14;;/h1-8,19H,(H2,15,21,22)(H2,16,17,18,20);2*1H. The van der Waals surface area contributed by atoms with Crippen LogP contribution in [0.4, 0.5) is 17.1 Å². The highest BCUT2D eigenvalue weighted by Gasteiger charge is 2.06. The molecule has 0 aliphatic rings. The summed E-state index contributed by atoms with van der Waals surface area (Å²) in [7, 11) is -3.83. The van der Waals surface area contributed by atoms with Gasteiger partial charge in [0.2, 0.25) is 5.56 Å². The molecule has 3 rings (SSSR count). The molecule has 1 aromatic carbocycles. The summed E-state index contributed by atoms with van der Waals surface area (Å²) < 4.78 is 24.4. The fraction of sp³-hybridized carbons (Fsp3) is 0. The van der Waals surface area contributed by atoms with Crippen LogP contribution in [0.2, 0.25) is 0 Å². The van der Waals surface area contributed by atoms with Crippen LogP contribution in [0.25, 0.3) is 11.0 Å². The molecule has 134 valence electrons. The van der Waals surface area contributed by atoms with Gasteiger partial charge in [0.05, 0.1) is 11.4 Å². The Kier molecular flexibility index (Phi) is 6.77. The van der Waals surface area contributed by atoms with Gasteiger partial charge in [0.1, 0.15) is 5.65 Å². The van der Waals surface area contributed by atoms with Gasteiger partial charge in [0.25, 0.3) is 10.2 Å². The van der Waals surface area contributed by atoms with Crippen molar-refractivity contribution in [1.29, 1.82) is 0 Å². The normalized spacial score (nSPS) is 10.4. The first-order chi connectivity index (χ1) is 10.9. The van der Waals surface area contributed by atoms with Crippen LogP contribution in [-0.2, 0) is 10.2 Å². The number of nitrogens with two attached hydrogens (primary N) is 1. The fourth-order valence-corrected chi connectivity index (χ4v) is 2.60. The molecule has 2 aromatic heterocycles. The van der Waals surface area contributed by atoms with Crippen LogP contribution >= 0.6 is 24.8 Å². The van der Waals surface area contributed by atoms with Gasteiger partial charge in [-0.2, -0.15) is 8.42 Å². The van der Waals surface area contributed by atoms with Gasteiger partial charge in [0, 0.05) is 23.3 Å². The number of nitrogens with zero attached hydrogens (tertiary/aromatic N) is 1. The maximum absolute atomic E-state index is 11.3. The Labute approximate surface area is 155 Å². The number of H-pyrrole nitrogens is 1. The maximum Gasteiger partial charge on any atom is 0.296 e. The minimum atomic E-state index is -3.83. The van der Waals surface area contributed by atoms with Crippen molar-refractivity contribution in [1.82, 2.24) is 9.97 Å². The average Bonchev–Trinajstić information content (AvgIpc) is 2.45. The van der Waals surface area contributed by atoms with Gasteiger partial charge < -0.3 is 10.3 Å². The number of hydrogen-bond acceptors (Lipinski definition) is 5. The zero-order chi connectivity index (χ0) is 16.4. The molecule has 0 saturated heterocycles. The molecule has 2 heterocycles. The molecule has 0 radical (unpaired) electrons. The summed E-state index contributed by atoms with van der Waals surface area (Å²) in [5.41, 5.74) is 1.93. The van der Waals surface area contributed by atoms with Gasteiger partial charge in [-0.25, -0.2) is 10.1 Å². The summed E-state index contributed by atoms with van der Waals surface area (Å²) in [6.45, 7) is 0. The summed E-state index contributed by atoms with van der Waals surface area (Å²) in [6.07, 6.45) is 1.56. The Balaban J connectivity index is 0.00000156. The minimum absolute atomic E-state index is 0. The van der Waals surface area contributed by atoms with Gasteiger partial charge >= 0.3 is 0 Å². The molecule has 3 aromatic rings. The zero-order valence-electron chi connectivity index (χ0n) is 12.6. The molecule has 0 aliphatic heterocycles. The van der Waals surface area contributed by atoms with Gasteiger partial charge in [-0.05, 0) is 30.3 Å². The van der Waals surface area contributed by atoms with E-state index in [0.717, 1.165) is 11.1 Å². The van der Waals surface area contributed by atoms with Crippen LogP contribution in [0.1, 0.15) is 0 Å². The molecule has 0 amide bonds. The second kappa shape index (κ2) is 8.17. The van der Waals surface area contributed by atoms with Crippen molar-refractivity contribution >= 4 is 63.1 Å². The van der Waals surface area contributed by atoms with E-state index in [9.17, 15) is 13.2 Å². The highest BCUT2D eigenvalue weighted by molar-refractivity contribution is 7.90. The number of nitrogens with one attached hydrogen (secondary N) is 3. The third kappa shape index (κ3) is 5.33. The molecule has 25 heavy (non-hydrogen) atoms. The summed E-state index contributed by atoms with van der Waals surface area (Å²) >= 11 is 0. The van der Waals surface area contributed by atoms with E-state index in [1.807, 2.05) is 0 Å². The number of anilines is 3. The molecule has 0 saturated carbocycles. The molecular formula is C14H15Cl2N5O3S. The maximum atomic E-state index is 11.3. The Morgan fingerprint density at radius 1 is 1.04 bits per heavy atom. The smallest absolute Gasteiger partial charge is 0.296 e. The van der Waals surface area contributed by atoms with E-state index in [2.05, 4.69) is 20.0 Å². The summed E-state index contributed by atoms with van der Waals surface area (Å²) in [4.78, 5) is 18.1. The first-order valence-corrected chi connectivity index (χ1v) is 8.11. The molecule has 0 unspecified atom stereocenters. The van der Waals surface area contributed by atoms with Crippen molar-refractivity contribution in [2.75, 3.05) is 10.0 Å². The Hall–Kier alpha value is -2.33. The third-order valence-electron chi connectivity index (χ3n) is 3.03. The van der Waals surface area contributed by atoms with Gasteiger partial charge in [-0.15, -0.1) is 24.8 Å². The van der Waals surface area contributed by atoms with Crippen LogP contribution in [0.15, 0.2) is 53.5 Å². The van der Waals surface area contributed by atoms with Gasteiger partial charge in [-0.3, -0.25) is 9.52 Å². The van der Waals surface area contributed by atoms with Crippen LogP contribution in [-0.4, -0.2) is 18.4 Å². The number of pyridine rings is 2. The lowest BCUT2D eigenvalue weighted by atomic mass is 10.2. The van der Waals surface area contributed by atoms with Crippen LogP contribution in [0.3, 0.4) is 0 Å². The number of aromatic amines is 1. The molecule has 11 heteroatoms. The van der Waals surface area contributed by atoms with E-state index in [4.69, 9.17) is 5.14 Å². The quantitative estimate of drug-likeness (QED) is 0.529. The highest BCUT2D eigenvalue weighted by Crippen LogP contribution is 2.25. The monoisotopic (exact) mass is 403 g/mol. The number of benzene rings is 1. The predicted octanol–water partition coefficient (Wildman–Crippen LogP) is 2.13. The minimum Gasteiger partial charge on any atom is -0.355 e. The predicted molar refractivity (Wildman–Crippen MR) is 103 cm³/mol. The van der Waals surface area contributed by atoms with Crippen molar-refractivity contribution in [3.63, 3.8) is 0 Å². The molecular weight excluding hydrogens is 389 g/mol. The molecule has 0 fully saturated rings. The van der Waals surface area contributed by atoms with Crippen molar-refractivity contribution in [3.05, 3.63) is 59.0 Å². The zero-order valence-corrected chi connectivity index (χ0v) is 15.0. The number of rotatable bonds is 4. The summed E-state index contributed by atoms with van der Waals surface area (Å²) in [5.74, 6) is 0. The third-order valence-corrected chi connectivity index (χ3v) is 3.56. The topological polar surface area (TPSA) is 130 Å². The lowest BCUT2D eigenvalue weighted by molar-refractivity contribution is 0.603. The highest BCUT2D eigenvalue weighted by atomic mass is 35.5. The van der Waals surface area contributed by atoms with Crippen molar-refractivity contribution in [2.24, 2.45) is 5.14 Å². The largest absolute Gasteiger partial charge is 0.355 e. The Morgan fingerprint density at radius 2 is 1.76 bits per heavy atom. The van der Waals surface area contributed by atoms with E-state index in [1.165, 1.54) is 6.07 Å². The number of aromatic nitrogens is 2. The van der Waals surface area contributed by atoms with Crippen LogP contribution in [0.5, 0.6) is 0 Å². The molecule has 5 N–H and O–H groups in total. The molecule has 8 nitrogen and oxygen atoms in total. The Bertz CT molecular complexity index is 1040. The molecule has 0 aliphatic carbocycles. The van der Waals surface area contributed by atoms with E-state index in [-0.39, 0.29) is 30.4 Å². The van der Waals surface area contributed by atoms with Crippen LogP contribution in [0, 0.1) is 0 Å². The second-order valence-corrected chi connectivity index (χ2v) is 6.09. The molecule has 0 atom stereocenters. The Morgan fingerprint density at radius 3 is 2.48 bits per heavy atom. The summed E-state index contributed by atoms with van der Waals surface area (Å²) in [5, 5.41) is 8.85. The average molecular weight is 404 g/mol. The first kappa shape index (κ1) is 20.7. The van der Waals surface area contributed by atoms with Crippen molar-refractivity contribution in [2.45, 2.75) is 0 Å². The second-order valence-electron chi connectivity index (χ2n) is 4.80. The van der Waals surface area contributed by atoms with E-state index >= 15 is 0 Å². The van der Waals surface area contributed by atoms with Gasteiger partial charge in [-0.1, -0.05) is 6.07 Å². The SMILES string of the molecule is Cl.Cl.NS(=O)(=O)Nc1cccc(Nc2ccnc3[nH]c(=O)ccc23)c1. The van der Waals surface area contributed by atoms with Gasteiger partial charge in [0.15, 0.2) is 0 Å². The molecule has 0 bridgehead atoms. The van der Waals surface area contributed by atoms with E-state index in [1.54, 1.807) is 42.6 Å². The summed E-state index contributed by atoms with van der Waals surface area (Å²) in [6, 6.07) is 11.5. The van der Waals surface area contributed by atoms with Crippen molar-refractivity contribution in [3.8, 4) is 0 Å². The number of fused-ring (bicyclic) bond motifs is 1.